The summed E-state index contributed by atoms with van der Waals surface area (Å²) in [6.45, 7) is 4.57. The van der Waals surface area contributed by atoms with E-state index in [2.05, 4.69) is 20.6 Å². The van der Waals surface area contributed by atoms with Crippen molar-refractivity contribution in [3.63, 3.8) is 0 Å². The number of nitrogens with two attached hydrogens (primary N) is 1. The molecule has 1 saturated carbocycles. The highest BCUT2D eigenvalue weighted by atomic mass is 32.2. The largest absolute Gasteiger partial charge is 0.386 e. The first kappa shape index (κ1) is 23.1. The monoisotopic (exact) mass is 467 g/mol. The van der Waals surface area contributed by atoms with Gasteiger partial charge in [-0.3, -0.25) is 4.79 Å². The van der Waals surface area contributed by atoms with Crippen molar-refractivity contribution < 1.29 is 9.90 Å². The first-order valence-corrected chi connectivity index (χ1v) is 11.8. The highest BCUT2D eigenvalue weighted by Crippen LogP contribution is 2.33. The summed E-state index contributed by atoms with van der Waals surface area (Å²) in [4.78, 5) is 23.7. The molecule has 2 aliphatic rings. The Balaban J connectivity index is 1.52. The summed E-state index contributed by atoms with van der Waals surface area (Å²) >= 11 is 1.39. The lowest BCUT2D eigenvalue weighted by molar-refractivity contribution is -0.115. The number of anilines is 3. The van der Waals surface area contributed by atoms with Crippen molar-refractivity contribution in [2.24, 2.45) is 11.7 Å². The van der Waals surface area contributed by atoms with Crippen LogP contribution in [0.25, 0.3) is 0 Å². The Morgan fingerprint density at radius 1 is 1.30 bits per heavy atom. The van der Waals surface area contributed by atoms with Crippen molar-refractivity contribution >= 4 is 40.7 Å². The third-order valence-corrected chi connectivity index (χ3v) is 6.22. The zero-order valence-corrected chi connectivity index (χ0v) is 19.6. The van der Waals surface area contributed by atoms with E-state index in [1.165, 1.54) is 11.8 Å². The summed E-state index contributed by atoms with van der Waals surface area (Å²) in [6, 6.07) is 9.28. The molecule has 10 heteroatoms. The summed E-state index contributed by atoms with van der Waals surface area (Å²) in [6.07, 6.45) is 4.14. The van der Waals surface area contributed by atoms with E-state index in [9.17, 15) is 9.90 Å². The van der Waals surface area contributed by atoms with Gasteiger partial charge in [-0.2, -0.15) is 0 Å². The molecule has 9 nitrogen and oxygen atoms in total. The molecule has 6 N–H and O–H groups in total. The second-order valence-electron chi connectivity index (χ2n) is 8.73. The predicted molar refractivity (Wildman–Crippen MR) is 131 cm³/mol. The van der Waals surface area contributed by atoms with Crippen LogP contribution in [0.4, 0.5) is 17.3 Å². The van der Waals surface area contributed by atoms with Crippen LogP contribution in [0.2, 0.25) is 0 Å². The second-order valence-corrected chi connectivity index (χ2v) is 9.77. The Kier molecular flexibility index (Phi) is 6.57. The molecule has 1 amide bonds. The average Bonchev–Trinajstić information content (AvgIpc) is 3.58. The zero-order valence-electron chi connectivity index (χ0n) is 18.8. The van der Waals surface area contributed by atoms with Crippen LogP contribution in [0.5, 0.6) is 0 Å². The minimum Gasteiger partial charge on any atom is -0.386 e. The fraction of sp³-hybridized carbons (Fsp3) is 0.391. The number of rotatable bonds is 9. The molecule has 0 unspecified atom stereocenters. The molecule has 1 aliphatic heterocycles. The number of carbonyl (C=O) groups is 1. The van der Waals surface area contributed by atoms with Gasteiger partial charge in [-0.15, -0.1) is 0 Å². The SMILES string of the molecule is CCC(=O)Nc1ccc(Sc2nc(N/C(N)=C/C(=N)C3CC3)cc(N3CC(C)(O)C3)n2)cc1. The van der Waals surface area contributed by atoms with Crippen LogP contribution in [-0.4, -0.2) is 45.4 Å². The van der Waals surface area contributed by atoms with E-state index >= 15 is 0 Å². The summed E-state index contributed by atoms with van der Waals surface area (Å²) in [5.41, 5.74) is 6.64. The highest BCUT2D eigenvalue weighted by Gasteiger charge is 2.37. The first-order chi connectivity index (χ1) is 15.7. The molecule has 2 aromatic rings. The van der Waals surface area contributed by atoms with Crippen molar-refractivity contribution in [1.29, 1.82) is 5.41 Å². The lowest BCUT2D eigenvalue weighted by atomic mass is 9.97. The minimum absolute atomic E-state index is 0.0343. The topological polar surface area (TPSA) is 140 Å². The summed E-state index contributed by atoms with van der Waals surface area (Å²) in [5, 5.41) is 24.6. The van der Waals surface area contributed by atoms with Crippen molar-refractivity contribution in [3.05, 3.63) is 42.2 Å². The molecule has 1 aliphatic carbocycles. The normalized spacial score (nSPS) is 17.3. The number of allylic oxidation sites excluding steroid dienone is 1. The van der Waals surface area contributed by atoms with Gasteiger partial charge in [0.1, 0.15) is 17.5 Å². The number of β-amino-alcohol motifs (C(OH)–C–C–N with tert-alkyl or cyclic N) is 1. The van der Waals surface area contributed by atoms with Gasteiger partial charge in [0.05, 0.1) is 5.60 Å². The highest BCUT2D eigenvalue weighted by molar-refractivity contribution is 7.99. The molecule has 2 heterocycles. The van der Waals surface area contributed by atoms with Crippen LogP contribution in [0.15, 0.2) is 52.3 Å². The van der Waals surface area contributed by atoms with Crippen LogP contribution in [0.3, 0.4) is 0 Å². The molecule has 1 aromatic carbocycles. The van der Waals surface area contributed by atoms with Gasteiger partial charge in [0.15, 0.2) is 5.16 Å². The lowest BCUT2D eigenvalue weighted by Gasteiger charge is -2.45. The molecule has 2 fully saturated rings. The third-order valence-electron chi connectivity index (χ3n) is 5.35. The molecule has 0 atom stereocenters. The Hall–Kier alpha value is -3.11. The number of amides is 1. The zero-order chi connectivity index (χ0) is 23.6. The van der Waals surface area contributed by atoms with Gasteiger partial charge in [-0.1, -0.05) is 6.92 Å². The Labute approximate surface area is 197 Å². The van der Waals surface area contributed by atoms with Gasteiger partial charge in [0.25, 0.3) is 0 Å². The maximum atomic E-state index is 11.6. The van der Waals surface area contributed by atoms with E-state index in [1.54, 1.807) is 19.1 Å². The molecule has 1 aromatic heterocycles. The molecular formula is C23H29N7O2S. The van der Waals surface area contributed by atoms with Gasteiger partial charge >= 0.3 is 0 Å². The van der Waals surface area contributed by atoms with E-state index in [0.29, 0.717) is 53.8 Å². The maximum absolute atomic E-state index is 11.6. The van der Waals surface area contributed by atoms with Gasteiger partial charge in [0.2, 0.25) is 5.91 Å². The number of aromatic nitrogens is 2. The molecule has 0 bridgehead atoms. The van der Waals surface area contributed by atoms with Crippen molar-refractivity contribution in [1.82, 2.24) is 9.97 Å². The fourth-order valence-corrected chi connectivity index (χ4v) is 4.21. The van der Waals surface area contributed by atoms with Crippen LogP contribution in [-0.2, 0) is 4.79 Å². The van der Waals surface area contributed by atoms with E-state index in [4.69, 9.17) is 11.1 Å². The van der Waals surface area contributed by atoms with E-state index in [-0.39, 0.29) is 5.91 Å². The molecule has 174 valence electrons. The third kappa shape index (κ3) is 6.23. The molecule has 1 saturated heterocycles. The number of nitrogens with one attached hydrogen (secondary N) is 3. The van der Waals surface area contributed by atoms with Gasteiger partial charge in [0, 0.05) is 47.8 Å². The first-order valence-electron chi connectivity index (χ1n) is 11.0. The molecule has 33 heavy (non-hydrogen) atoms. The molecule has 4 rings (SSSR count). The Morgan fingerprint density at radius 3 is 2.61 bits per heavy atom. The molecule has 0 radical (unpaired) electrons. The van der Waals surface area contributed by atoms with Crippen molar-refractivity contribution in [2.45, 2.75) is 48.8 Å². The number of hydrogen-bond donors (Lipinski definition) is 5. The average molecular weight is 468 g/mol. The Bertz CT molecular complexity index is 1070. The van der Waals surface area contributed by atoms with Crippen LogP contribution in [0.1, 0.15) is 33.1 Å². The summed E-state index contributed by atoms with van der Waals surface area (Å²) in [5.74, 6) is 1.86. The van der Waals surface area contributed by atoms with Crippen molar-refractivity contribution in [2.75, 3.05) is 28.6 Å². The number of aliphatic hydroxyl groups is 1. The predicted octanol–water partition coefficient (Wildman–Crippen LogP) is 3.19. The number of hydrogen-bond acceptors (Lipinski definition) is 9. The van der Waals surface area contributed by atoms with Gasteiger partial charge in [-0.05, 0) is 61.9 Å². The number of nitrogens with zero attached hydrogens (tertiary/aromatic N) is 3. The van der Waals surface area contributed by atoms with Gasteiger partial charge < -0.3 is 31.8 Å². The van der Waals surface area contributed by atoms with Crippen LogP contribution in [0, 0.1) is 11.3 Å². The maximum Gasteiger partial charge on any atom is 0.224 e. The van der Waals surface area contributed by atoms with E-state index in [0.717, 1.165) is 23.4 Å². The second kappa shape index (κ2) is 9.40. The Morgan fingerprint density at radius 2 is 2.00 bits per heavy atom. The summed E-state index contributed by atoms with van der Waals surface area (Å²) < 4.78 is 0. The molecule has 0 spiro atoms. The number of carbonyl (C=O) groups excluding carboxylic acids is 1. The number of benzene rings is 1. The van der Waals surface area contributed by atoms with E-state index in [1.807, 2.05) is 36.1 Å². The van der Waals surface area contributed by atoms with Crippen LogP contribution < -0.4 is 21.3 Å². The fourth-order valence-electron chi connectivity index (χ4n) is 3.45. The smallest absolute Gasteiger partial charge is 0.224 e. The summed E-state index contributed by atoms with van der Waals surface area (Å²) in [7, 11) is 0. The quantitative estimate of drug-likeness (QED) is 0.280. The van der Waals surface area contributed by atoms with Crippen LogP contribution >= 0.6 is 11.8 Å². The lowest BCUT2D eigenvalue weighted by Crippen LogP contribution is -2.60. The van der Waals surface area contributed by atoms with Gasteiger partial charge in [-0.25, -0.2) is 9.97 Å². The van der Waals surface area contributed by atoms with Crippen molar-refractivity contribution in [3.8, 4) is 0 Å². The molecular weight excluding hydrogens is 438 g/mol. The minimum atomic E-state index is -0.733. The van der Waals surface area contributed by atoms with E-state index < -0.39 is 5.60 Å². The standard InChI is InChI=1S/C23H29N7O2S/c1-3-21(31)26-15-6-8-16(9-7-15)33-22-28-19(27-18(25)10-17(24)14-4-5-14)11-20(29-22)30-12-23(2,32)13-30/h6-11,14,24,32H,3-5,12-13,25H2,1-2H3,(H,26,31)(H,27,28,29)/b18-10+,24-17?.